The van der Waals surface area contributed by atoms with Gasteiger partial charge in [0.15, 0.2) is 12.0 Å². The molecule has 264 valence electrons. The van der Waals surface area contributed by atoms with Gasteiger partial charge in [0, 0.05) is 40.1 Å². The fraction of sp³-hybridized carbons (Fsp3) is 0.0385. The third-order valence-electron chi connectivity index (χ3n) is 11.3. The van der Waals surface area contributed by atoms with E-state index < -0.39 is 0 Å². The van der Waals surface area contributed by atoms with E-state index in [0.29, 0.717) is 5.84 Å². The third-order valence-corrected chi connectivity index (χ3v) is 11.3. The highest BCUT2D eigenvalue weighted by Crippen LogP contribution is 2.43. The molecule has 0 fully saturated rings. The third kappa shape index (κ3) is 5.38. The van der Waals surface area contributed by atoms with E-state index in [1.165, 1.54) is 37.9 Å². The van der Waals surface area contributed by atoms with Gasteiger partial charge in [0.05, 0.1) is 0 Å². The maximum atomic E-state index is 6.77. The first-order chi connectivity index (χ1) is 27.6. The Kier molecular flexibility index (Phi) is 7.42. The predicted molar refractivity (Wildman–Crippen MR) is 234 cm³/mol. The van der Waals surface area contributed by atoms with Crippen LogP contribution in [0.4, 0.5) is 0 Å². The molecule has 2 heterocycles. The lowest BCUT2D eigenvalue weighted by molar-refractivity contribution is 0.385. The average Bonchev–Trinajstić information content (AvgIpc) is 3.66. The summed E-state index contributed by atoms with van der Waals surface area (Å²) in [4.78, 5) is 13.0. The molecule has 1 aliphatic heterocycles. The number of rotatable bonds is 5. The van der Waals surface area contributed by atoms with E-state index in [4.69, 9.17) is 14.4 Å². The van der Waals surface area contributed by atoms with Crippen molar-refractivity contribution in [3.05, 3.63) is 205 Å². The molecule has 1 unspecified atom stereocenters. The van der Waals surface area contributed by atoms with E-state index >= 15 is 0 Å². The maximum absolute atomic E-state index is 6.77. The normalized spacial score (nSPS) is 14.5. The Hall–Kier alpha value is -7.30. The zero-order chi connectivity index (χ0) is 37.2. The van der Waals surface area contributed by atoms with Crippen LogP contribution in [0.3, 0.4) is 0 Å². The summed E-state index contributed by atoms with van der Waals surface area (Å²) in [5.74, 6) is 1.56. The standard InChI is InChI=1S/C52H35N3O/c1-55-51(43-27-22-35-12-4-7-15-40(35)32-43)53-50(37-23-18-36(19-24-37)41-25-20-33-10-2-5-13-38(33)30-41)54-52(55)46-29-28-44(42-26-21-34-11-3-6-14-39(34)31-42)49-48(46)45-16-8-9-17-47(45)56-49/h2-32,52H,1H3. The second-order valence-corrected chi connectivity index (χ2v) is 14.6. The van der Waals surface area contributed by atoms with Crippen LogP contribution in [0.2, 0.25) is 0 Å². The summed E-state index contributed by atoms with van der Waals surface area (Å²) < 4.78 is 6.77. The Labute approximate surface area is 324 Å². The number of benzene rings is 9. The van der Waals surface area contributed by atoms with Gasteiger partial charge >= 0.3 is 0 Å². The van der Waals surface area contributed by atoms with Crippen LogP contribution in [-0.4, -0.2) is 23.6 Å². The highest BCUT2D eigenvalue weighted by molar-refractivity contribution is 6.16. The van der Waals surface area contributed by atoms with E-state index in [0.717, 1.165) is 61.2 Å². The number of aliphatic imine (C=N–C) groups is 2. The number of furan rings is 1. The first kappa shape index (κ1) is 32.2. The molecule has 0 bridgehead atoms. The SMILES string of the molecule is CN1C(c2ccc3ccccc3c2)=NC(c2ccc(-c3ccc4ccccc4c3)cc2)=NC1c1ccc(-c2ccc3ccccc3c2)c2oc3ccccc3c12. The zero-order valence-corrected chi connectivity index (χ0v) is 30.7. The second kappa shape index (κ2) is 12.9. The summed E-state index contributed by atoms with van der Waals surface area (Å²) in [6.07, 6.45) is -0.377. The van der Waals surface area contributed by atoms with Crippen molar-refractivity contribution in [3.8, 4) is 22.3 Å². The number of hydrogen-bond donors (Lipinski definition) is 0. The smallest absolute Gasteiger partial charge is 0.159 e. The van der Waals surface area contributed by atoms with E-state index in [1.54, 1.807) is 0 Å². The molecule has 0 saturated heterocycles. The Bertz CT molecular complexity index is 3230. The van der Waals surface area contributed by atoms with Gasteiger partial charge in [-0.3, -0.25) is 0 Å². The maximum Gasteiger partial charge on any atom is 0.159 e. The predicted octanol–water partition coefficient (Wildman–Crippen LogP) is 13.2. The molecule has 0 saturated carbocycles. The molecule has 56 heavy (non-hydrogen) atoms. The molecular formula is C52H35N3O. The molecule has 4 heteroatoms. The van der Waals surface area contributed by atoms with E-state index in [-0.39, 0.29) is 6.17 Å². The van der Waals surface area contributed by atoms with Crippen molar-refractivity contribution >= 4 is 65.9 Å². The van der Waals surface area contributed by atoms with Crippen LogP contribution in [-0.2, 0) is 0 Å². The van der Waals surface area contributed by atoms with E-state index in [1.807, 2.05) is 6.07 Å². The lowest BCUT2D eigenvalue weighted by Crippen LogP contribution is -2.35. The van der Waals surface area contributed by atoms with E-state index in [9.17, 15) is 0 Å². The molecule has 9 aromatic carbocycles. The van der Waals surface area contributed by atoms with Gasteiger partial charge < -0.3 is 9.32 Å². The Morgan fingerprint density at radius 3 is 1.66 bits per heavy atom. The number of nitrogens with zero attached hydrogens (tertiary/aromatic N) is 3. The minimum atomic E-state index is -0.377. The molecule has 4 nitrogen and oxygen atoms in total. The minimum absolute atomic E-state index is 0.377. The van der Waals surface area contributed by atoms with Gasteiger partial charge in [0.25, 0.3) is 0 Å². The topological polar surface area (TPSA) is 41.1 Å². The lowest BCUT2D eigenvalue weighted by atomic mass is 9.95. The molecule has 1 aromatic heterocycles. The van der Waals surface area contributed by atoms with Gasteiger partial charge in [-0.2, -0.15) is 0 Å². The number of hydrogen-bond acceptors (Lipinski definition) is 4. The molecule has 0 spiro atoms. The zero-order valence-electron chi connectivity index (χ0n) is 30.7. The van der Waals surface area contributed by atoms with Gasteiger partial charge in [0.1, 0.15) is 17.0 Å². The minimum Gasteiger partial charge on any atom is -0.455 e. The molecule has 1 atom stereocenters. The van der Waals surface area contributed by atoms with Crippen molar-refractivity contribution in [2.24, 2.45) is 9.98 Å². The largest absolute Gasteiger partial charge is 0.455 e. The molecule has 11 rings (SSSR count). The van der Waals surface area contributed by atoms with Gasteiger partial charge in [-0.1, -0.05) is 164 Å². The monoisotopic (exact) mass is 717 g/mol. The van der Waals surface area contributed by atoms with Crippen LogP contribution < -0.4 is 0 Å². The summed E-state index contributed by atoms with van der Waals surface area (Å²) in [5.41, 5.74) is 9.29. The van der Waals surface area contributed by atoms with Gasteiger partial charge in [-0.25, -0.2) is 9.98 Å². The molecule has 1 aliphatic rings. The van der Waals surface area contributed by atoms with Crippen molar-refractivity contribution in [2.45, 2.75) is 6.17 Å². The summed E-state index contributed by atoms with van der Waals surface area (Å²) in [7, 11) is 2.10. The summed E-state index contributed by atoms with van der Waals surface area (Å²) in [6, 6.07) is 66.8. The molecule has 0 aliphatic carbocycles. The van der Waals surface area contributed by atoms with Crippen LogP contribution in [0.25, 0.3) is 76.5 Å². The number of amidine groups is 2. The van der Waals surface area contributed by atoms with Crippen LogP contribution in [0.15, 0.2) is 202 Å². The van der Waals surface area contributed by atoms with Gasteiger partial charge in [-0.05, 0) is 73.3 Å². The molecule has 0 N–H and O–H groups in total. The van der Waals surface area contributed by atoms with Crippen molar-refractivity contribution in [3.63, 3.8) is 0 Å². The van der Waals surface area contributed by atoms with Crippen LogP contribution in [0, 0.1) is 0 Å². The van der Waals surface area contributed by atoms with Crippen LogP contribution >= 0.6 is 0 Å². The highest BCUT2D eigenvalue weighted by Gasteiger charge is 2.30. The fourth-order valence-electron chi connectivity index (χ4n) is 8.37. The Morgan fingerprint density at radius 2 is 0.982 bits per heavy atom. The second-order valence-electron chi connectivity index (χ2n) is 14.6. The van der Waals surface area contributed by atoms with Crippen molar-refractivity contribution in [2.75, 3.05) is 7.05 Å². The fourth-order valence-corrected chi connectivity index (χ4v) is 8.37. The molecular weight excluding hydrogens is 683 g/mol. The first-order valence-electron chi connectivity index (χ1n) is 19.1. The van der Waals surface area contributed by atoms with Crippen molar-refractivity contribution in [1.29, 1.82) is 0 Å². The summed E-state index contributed by atoms with van der Waals surface area (Å²) >= 11 is 0. The highest BCUT2D eigenvalue weighted by atomic mass is 16.3. The quantitative estimate of drug-likeness (QED) is 0.178. The Balaban J connectivity index is 1.08. The number of para-hydroxylation sites is 1. The van der Waals surface area contributed by atoms with Crippen molar-refractivity contribution < 1.29 is 4.42 Å². The van der Waals surface area contributed by atoms with Gasteiger partial charge in [0.2, 0.25) is 0 Å². The molecule has 10 aromatic rings. The summed E-state index contributed by atoms with van der Waals surface area (Å²) in [6.45, 7) is 0. The van der Waals surface area contributed by atoms with Crippen LogP contribution in [0.5, 0.6) is 0 Å². The summed E-state index contributed by atoms with van der Waals surface area (Å²) in [5, 5.41) is 9.38. The Morgan fingerprint density at radius 1 is 0.464 bits per heavy atom. The lowest BCUT2D eigenvalue weighted by Gasteiger charge is -2.33. The first-order valence-corrected chi connectivity index (χ1v) is 19.1. The average molecular weight is 718 g/mol. The molecule has 0 amide bonds. The van der Waals surface area contributed by atoms with Crippen molar-refractivity contribution in [1.82, 2.24) is 4.90 Å². The van der Waals surface area contributed by atoms with Crippen LogP contribution in [0.1, 0.15) is 22.9 Å². The van der Waals surface area contributed by atoms with Gasteiger partial charge in [-0.15, -0.1) is 0 Å². The van der Waals surface area contributed by atoms with E-state index in [2.05, 4.69) is 194 Å². The number of fused-ring (bicyclic) bond motifs is 6. The molecule has 0 radical (unpaired) electrons.